The monoisotopic (exact) mass is 187 g/mol. The van der Waals surface area contributed by atoms with Gasteiger partial charge in [0.05, 0.1) is 0 Å². The van der Waals surface area contributed by atoms with Gasteiger partial charge in [0.15, 0.2) is 0 Å². The molecule has 1 nitrogen and oxygen atoms in total. The van der Waals surface area contributed by atoms with Gasteiger partial charge in [0, 0.05) is 12.6 Å². The molecular formula is C13H17N. The lowest BCUT2D eigenvalue weighted by molar-refractivity contribution is 0.984. The molecule has 0 spiro atoms. The summed E-state index contributed by atoms with van der Waals surface area (Å²) in [5, 5.41) is 3.38. The Morgan fingerprint density at radius 2 is 2.00 bits per heavy atom. The van der Waals surface area contributed by atoms with Crippen molar-refractivity contribution in [1.82, 2.24) is 5.32 Å². The van der Waals surface area contributed by atoms with E-state index in [2.05, 4.69) is 49.5 Å². The standard InChI is InChI=1S/C13H17N/c1-3-12(13-9-14-13)10(2)11-7-5-4-6-8-11/h4-8,13-14H,3,9H2,1-2H3/b12-10+. The van der Waals surface area contributed by atoms with Gasteiger partial charge in [0.2, 0.25) is 0 Å². The Hall–Kier alpha value is -1.08. The predicted molar refractivity (Wildman–Crippen MR) is 61.1 cm³/mol. The molecule has 1 unspecified atom stereocenters. The van der Waals surface area contributed by atoms with Gasteiger partial charge in [-0.2, -0.15) is 0 Å². The molecule has 1 aliphatic rings. The van der Waals surface area contributed by atoms with Crippen LogP contribution in [-0.4, -0.2) is 12.6 Å². The van der Waals surface area contributed by atoms with Gasteiger partial charge in [-0.05, 0) is 30.1 Å². The van der Waals surface area contributed by atoms with Crippen molar-refractivity contribution in [3.63, 3.8) is 0 Å². The average molecular weight is 187 g/mol. The summed E-state index contributed by atoms with van der Waals surface area (Å²) < 4.78 is 0. The fourth-order valence-electron chi connectivity index (χ4n) is 1.95. The largest absolute Gasteiger partial charge is 0.307 e. The van der Waals surface area contributed by atoms with Crippen LogP contribution < -0.4 is 5.32 Å². The zero-order chi connectivity index (χ0) is 9.97. The van der Waals surface area contributed by atoms with Gasteiger partial charge in [0.1, 0.15) is 0 Å². The molecule has 0 aliphatic carbocycles. The molecule has 1 atom stereocenters. The molecule has 0 saturated carbocycles. The van der Waals surface area contributed by atoms with E-state index >= 15 is 0 Å². The highest BCUT2D eigenvalue weighted by Crippen LogP contribution is 2.25. The molecule has 74 valence electrons. The smallest absolute Gasteiger partial charge is 0.0412 e. The molecule has 1 heteroatoms. The number of hydrogen-bond acceptors (Lipinski definition) is 1. The summed E-state index contributed by atoms with van der Waals surface area (Å²) >= 11 is 0. The summed E-state index contributed by atoms with van der Waals surface area (Å²) in [4.78, 5) is 0. The second-order valence-corrected chi connectivity index (χ2v) is 3.83. The topological polar surface area (TPSA) is 21.9 Å². The number of rotatable bonds is 3. The highest BCUT2D eigenvalue weighted by Gasteiger charge is 2.25. The maximum Gasteiger partial charge on any atom is 0.0412 e. The second-order valence-electron chi connectivity index (χ2n) is 3.83. The minimum Gasteiger partial charge on any atom is -0.307 e. The summed E-state index contributed by atoms with van der Waals surface area (Å²) in [5.74, 6) is 0. The van der Waals surface area contributed by atoms with Crippen LogP contribution in [0.2, 0.25) is 0 Å². The minimum absolute atomic E-state index is 0.653. The molecule has 1 N–H and O–H groups in total. The van der Waals surface area contributed by atoms with Gasteiger partial charge in [-0.3, -0.25) is 0 Å². The van der Waals surface area contributed by atoms with E-state index in [1.807, 2.05) is 0 Å². The van der Waals surface area contributed by atoms with E-state index in [-0.39, 0.29) is 0 Å². The number of nitrogens with one attached hydrogen (secondary N) is 1. The van der Waals surface area contributed by atoms with Crippen molar-refractivity contribution < 1.29 is 0 Å². The molecule has 0 amide bonds. The fraction of sp³-hybridized carbons (Fsp3) is 0.385. The van der Waals surface area contributed by atoms with Gasteiger partial charge >= 0.3 is 0 Å². The Balaban J connectivity index is 2.32. The first-order chi connectivity index (χ1) is 6.83. The third-order valence-corrected chi connectivity index (χ3v) is 2.90. The van der Waals surface area contributed by atoms with Crippen molar-refractivity contribution >= 4 is 5.57 Å². The SMILES string of the molecule is CC/C(=C(/C)c1ccccc1)C1CN1. The Labute approximate surface area is 85.8 Å². The lowest BCUT2D eigenvalue weighted by Crippen LogP contribution is -1.98. The quantitative estimate of drug-likeness (QED) is 0.722. The maximum atomic E-state index is 3.38. The molecule has 1 aliphatic heterocycles. The summed E-state index contributed by atoms with van der Waals surface area (Å²) in [6.45, 7) is 5.63. The van der Waals surface area contributed by atoms with E-state index in [0.717, 1.165) is 13.0 Å². The molecule has 0 bridgehead atoms. The van der Waals surface area contributed by atoms with Crippen LogP contribution in [0.5, 0.6) is 0 Å². The summed E-state index contributed by atoms with van der Waals surface area (Å²) in [5.41, 5.74) is 4.37. The molecule has 1 saturated heterocycles. The number of hydrogen-bond donors (Lipinski definition) is 1. The second kappa shape index (κ2) is 3.97. The van der Waals surface area contributed by atoms with Crippen LogP contribution in [0, 0.1) is 0 Å². The van der Waals surface area contributed by atoms with E-state index in [9.17, 15) is 0 Å². The molecule has 1 fully saturated rings. The van der Waals surface area contributed by atoms with Crippen LogP contribution in [0.25, 0.3) is 5.57 Å². The normalized spacial score (nSPS) is 21.7. The lowest BCUT2D eigenvalue weighted by atomic mass is 9.97. The molecular weight excluding hydrogens is 170 g/mol. The van der Waals surface area contributed by atoms with Crippen molar-refractivity contribution in [2.75, 3.05) is 6.54 Å². The van der Waals surface area contributed by atoms with E-state index in [0.29, 0.717) is 6.04 Å². The van der Waals surface area contributed by atoms with Crippen molar-refractivity contribution in [3.05, 3.63) is 41.5 Å². The molecule has 0 aromatic heterocycles. The Morgan fingerprint density at radius 1 is 1.36 bits per heavy atom. The van der Waals surface area contributed by atoms with Gasteiger partial charge in [0.25, 0.3) is 0 Å². The molecule has 1 aromatic rings. The Morgan fingerprint density at radius 3 is 2.50 bits per heavy atom. The van der Waals surface area contributed by atoms with Crippen LogP contribution in [0.1, 0.15) is 25.8 Å². The van der Waals surface area contributed by atoms with E-state index in [1.165, 1.54) is 11.1 Å². The van der Waals surface area contributed by atoms with E-state index < -0.39 is 0 Å². The lowest BCUT2D eigenvalue weighted by Gasteiger charge is -2.08. The van der Waals surface area contributed by atoms with Crippen LogP contribution in [-0.2, 0) is 0 Å². The minimum atomic E-state index is 0.653. The zero-order valence-electron chi connectivity index (χ0n) is 8.88. The Bertz CT molecular complexity index is 334. The molecule has 1 heterocycles. The van der Waals surface area contributed by atoms with Crippen molar-refractivity contribution in [3.8, 4) is 0 Å². The summed E-state index contributed by atoms with van der Waals surface area (Å²) in [6.07, 6.45) is 1.15. The molecule has 14 heavy (non-hydrogen) atoms. The fourth-order valence-corrected chi connectivity index (χ4v) is 1.95. The average Bonchev–Trinajstić information content (AvgIpc) is 3.04. The number of allylic oxidation sites excluding steroid dienone is 1. The predicted octanol–water partition coefficient (Wildman–Crippen LogP) is 2.84. The third-order valence-electron chi connectivity index (χ3n) is 2.90. The number of benzene rings is 1. The van der Waals surface area contributed by atoms with Gasteiger partial charge in [-0.1, -0.05) is 37.3 Å². The van der Waals surface area contributed by atoms with Crippen LogP contribution in [0.4, 0.5) is 0 Å². The van der Waals surface area contributed by atoms with Crippen molar-refractivity contribution in [1.29, 1.82) is 0 Å². The zero-order valence-corrected chi connectivity index (χ0v) is 8.88. The molecule has 2 rings (SSSR count). The van der Waals surface area contributed by atoms with E-state index in [4.69, 9.17) is 0 Å². The van der Waals surface area contributed by atoms with Gasteiger partial charge in [-0.15, -0.1) is 0 Å². The highest BCUT2D eigenvalue weighted by molar-refractivity contribution is 5.68. The van der Waals surface area contributed by atoms with Gasteiger partial charge in [-0.25, -0.2) is 0 Å². The summed E-state index contributed by atoms with van der Waals surface area (Å²) in [6, 6.07) is 11.3. The first kappa shape index (κ1) is 9.47. The van der Waals surface area contributed by atoms with Crippen LogP contribution in [0.3, 0.4) is 0 Å². The maximum absolute atomic E-state index is 3.38. The van der Waals surface area contributed by atoms with Crippen molar-refractivity contribution in [2.45, 2.75) is 26.3 Å². The first-order valence-corrected chi connectivity index (χ1v) is 5.31. The summed E-state index contributed by atoms with van der Waals surface area (Å²) in [7, 11) is 0. The van der Waals surface area contributed by atoms with Crippen LogP contribution >= 0.6 is 0 Å². The first-order valence-electron chi connectivity index (χ1n) is 5.31. The molecule has 0 radical (unpaired) electrons. The Kier molecular flexibility index (Phi) is 2.69. The van der Waals surface area contributed by atoms with Crippen LogP contribution in [0.15, 0.2) is 35.9 Å². The highest BCUT2D eigenvalue weighted by atomic mass is 15.1. The third kappa shape index (κ3) is 1.88. The van der Waals surface area contributed by atoms with Crippen molar-refractivity contribution in [2.24, 2.45) is 0 Å². The van der Waals surface area contributed by atoms with Gasteiger partial charge < -0.3 is 5.32 Å². The molecule has 1 aromatic carbocycles. The van der Waals surface area contributed by atoms with E-state index in [1.54, 1.807) is 5.57 Å².